The number of primary amides is 1. The number of nitrogens with zero attached hydrogens (tertiary/aromatic N) is 1. The zero-order chi connectivity index (χ0) is 17.7. The number of amidine groups is 1. The molecule has 0 saturated carbocycles. The second-order valence-electron chi connectivity index (χ2n) is 4.50. The van der Waals surface area contributed by atoms with Crippen LogP contribution in [0.4, 0.5) is 5.69 Å². The van der Waals surface area contributed by atoms with Crippen LogP contribution in [0.2, 0.25) is 5.02 Å². The summed E-state index contributed by atoms with van der Waals surface area (Å²) in [5, 5.41) is 0.312. The highest BCUT2D eigenvalue weighted by molar-refractivity contribution is 6.32. The SMILES string of the molecule is COc1cc(OC)c(OC(N)=Nc2c[c]ccc2C(N)=O)cc1Cl. The van der Waals surface area contributed by atoms with Gasteiger partial charge in [-0.15, -0.1) is 0 Å². The van der Waals surface area contributed by atoms with Gasteiger partial charge in [-0.25, -0.2) is 0 Å². The first kappa shape index (κ1) is 17.4. The lowest BCUT2D eigenvalue weighted by Gasteiger charge is -2.12. The van der Waals surface area contributed by atoms with Crippen molar-refractivity contribution in [3.8, 4) is 17.2 Å². The van der Waals surface area contributed by atoms with E-state index < -0.39 is 5.91 Å². The van der Waals surface area contributed by atoms with E-state index in [1.165, 1.54) is 32.4 Å². The molecule has 0 saturated heterocycles. The van der Waals surface area contributed by atoms with E-state index in [1.807, 2.05) is 0 Å². The molecule has 24 heavy (non-hydrogen) atoms. The number of nitrogens with two attached hydrogens (primary N) is 2. The van der Waals surface area contributed by atoms with Gasteiger partial charge in [-0.3, -0.25) is 4.79 Å². The maximum Gasteiger partial charge on any atom is 0.292 e. The molecule has 2 rings (SSSR count). The van der Waals surface area contributed by atoms with Crippen LogP contribution >= 0.6 is 11.6 Å². The fourth-order valence-corrected chi connectivity index (χ4v) is 2.12. The Balaban J connectivity index is 2.35. The van der Waals surface area contributed by atoms with Crippen LogP contribution in [0.25, 0.3) is 0 Å². The molecule has 8 heteroatoms. The van der Waals surface area contributed by atoms with E-state index in [-0.39, 0.29) is 23.0 Å². The minimum absolute atomic E-state index is 0.194. The molecule has 1 radical (unpaired) electrons. The number of aliphatic imine (C=N–C) groups is 1. The predicted molar refractivity (Wildman–Crippen MR) is 90.3 cm³/mol. The molecule has 0 bridgehead atoms. The van der Waals surface area contributed by atoms with Crippen molar-refractivity contribution in [2.75, 3.05) is 14.2 Å². The number of benzene rings is 2. The number of halogens is 1. The quantitative estimate of drug-likeness (QED) is 0.636. The molecule has 0 aliphatic heterocycles. The molecule has 0 aromatic heterocycles. The molecular weight excluding hydrogens is 334 g/mol. The smallest absolute Gasteiger partial charge is 0.292 e. The van der Waals surface area contributed by atoms with Gasteiger partial charge in [-0.1, -0.05) is 17.7 Å². The van der Waals surface area contributed by atoms with E-state index in [0.29, 0.717) is 16.5 Å². The summed E-state index contributed by atoms with van der Waals surface area (Å²) < 4.78 is 15.8. The van der Waals surface area contributed by atoms with Crippen LogP contribution in [-0.2, 0) is 0 Å². The lowest BCUT2D eigenvalue weighted by Crippen LogP contribution is -2.20. The number of amides is 1. The molecule has 2 aromatic rings. The minimum atomic E-state index is -0.638. The summed E-state index contributed by atoms with van der Waals surface area (Å²) in [4.78, 5) is 15.4. The van der Waals surface area contributed by atoms with E-state index in [9.17, 15) is 4.79 Å². The second-order valence-corrected chi connectivity index (χ2v) is 4.90. The van der Waals surface area contributed by atoms with Gasteiger partial charge in [0, 0.05) is 12.1 Å². The molecule has 1 amide bonds. The lowest BCUT2D eigenvalue weighted by atomic mass is 10.2. The zero-order valence-corrected chi connectivity index (χ0v) is 13.8. The minimum Gasteiger partial charge on any atom is -0.495 e. The number of carbonyl (C=O) groups is 1. The Labute approximate surface area is 143 Å². The average molecular weight is 349 g/mol. The van der Waals surface area contributed by atoms with Crippen LogP contribution in [0.3, 0.4) is 0 Å². The van der Waals surface area contributed by atoms with Gasteiger partial charge in [0.2, 0.25) is 0 Å². The summed E-state index contributed by atoms with van der Waals surface area (Å²) in [5.41, 5.74) is 11.5. The average Bonchev–Trinajstić information content (AvgIpc) is 2.55. The largest absolute Gasteiger partial charge is 0.495 e. The highest BCUT2D eigenvalue weighted by Crippen LogP contribution is 2.37. The first-order valence-electron chi connectivity index (χ1n) is 6.69. The van der Waals surface area contributed by atoms with Crippen molar-refractivity contribution < 1.29 is 19.0 Å². The molecule has 0 unspecified atom stereocenters. The van der Waals surface area contributed by atoms with Crippen molar-refractivity contribution in [1.82, 2.24) is 0 Å². The van der Waals surface area contributed by atoms with E-state index in [1.54, 1.807) is 12.1 Å². The number of ether oxygens (including phenoxy) is 3. The number of rotatable bonds is 5. The fraction of sp³-hybridized carbons (Fsp3) is 0.125. The molecule has 4 N–H and O–H groups in total. The van der Waals surface area contributed by atoms with Gasteiger partial charge < -0.3 is 25.7 Å². The van der Waals surface area contributed by atoms with Gasteiger partial charge in [0.1, 0.15) is 5.75 Å². The van der Waals surface area contributed by atoms with Gasteiger partial charge in [0.15, 0.2) is 11.5 Å². The van der Waals surface area contributed by atoms with E-state index in [4.69, 9.17) is 37.3 Å². The van der Waals surface area contributed by atoms with Crippen LogP contribution in [0.1, 0.15) is 10.4 Å². The number of carbonyl (C=O) groups excluding carboxylic acids is 1. The normalized spacial score (nSPS) is 11.0. The summed E-state index contributed by atoms with van der Waals surface area (Å²) in [6.45, 7) is 0. The van der Waals surface area contributed by atoms with Crippen molar-refractivity contribution in [2.24, 2.45) is 16.5 Å². The van der Waals surface area contributed by atoms with E-state index in [2.05, 4.69) is 11.1 Å². The third kappa shape index (κ3) is 3.88. The standard InChI is InChI=1S/C16H15ClN3O4/c1-22-12-8-13(23-2)14(7-10(12)17)24-16(19)20-11-6-4-3-5-9(11)15(18)21/h3,5-8H,1-2H3,(H2,18,21)(H2,19,20). The Kier molecular flexibility index (Phi) is 5.49. The lowest BCUT2D eigenvalue weighted by molar-refractivity contribution is 0.100. The Morgan fingerprint density at radius 1 is 1.17 bits per heavy atom. The van der Waals surface area contributed by atoms with Crippen LogP contribution in [0.5, 0.6) is 17.2 Å². The molecule has 2 aromatic carbocycles. The van der Waals surface area contributed by atoms with Gasteiger partial charge in [-0.05, 0) is 18.2 Å². The molecule has 0 atom stereocenters. The van der Waals surface area contributed by atoms with E-state index in [0.717, 1.165) is 0 Å². The Bertz CT molecular complexity index is 793. The van der Waals surface area contributed by atoms with Gasteiger partial charge in [-0.2, -0.15) is 4.99 Å². The molecule has 0 aliphatic carbocycles. The third-order valence-corrected chi connectivity index (χ3v) is 3.29. The highest BCUT2D eigenvalue weighted by atomic mass is 35.5. The molecule has 0 aliphatic rings. The summed E-state index contributed by atoms with van der Waals surface area (Å²) in [6, 6.07) is 10.1. The van der Waals surface area contributed by atoms with Crippen LogP contribution in [0.15, 0.2) is 35.3 Å². The Morgan fingerprint density at radius 3 is 2.50 bits per heavy atom. The highest BCUT2D eigenvalue weighted by Gasteiger charge is 2.13. The predicted octanol–water partition coefficient (Wildman–Crippen LogP) is 2.28. The van der Waals surface area contributed by atoms with Crippen LogP contribution in [-0.4, -0.2) is 26.1 Å². The monoisotopic (exact) mass is 348 g/mol. The number of methoxy groups -OCH3 is 2. The Hall–Kier alpha value is -2.93. The van der Waals surface area contributed by atoms with Crippen molar-refractivity contribution in [3.63, 3.8) is 0 Å². The third-order valence-electron chi connectivity index (χ3n) is 2.99. The maximum atomic E-state index is 11.4. The Morgan fingerprint density at radius 2 is 1.88 bits per heavy atom. The van der Waals surface area contributed by atoms with Gasteiger partial charge >= 0.3 is 0 Å². The van der Waals surface area contributed by atoms with Crippen LogP contribution < -0.4 is 25.7 Å². The molecule has 7 nitrogen and oxygen atoms in total. The molecule has 0 fully saturated rings. The summed E-state index contributed by atoms with van der Waals surface area (Å²) in [7, 11) is 2.94. The molecule has 0 spiro atoms. The molecule has 0 heterocycles. The number of hydrogen-bond donors (Lipinski definition) is 2. The van der Waals surface area contributed by atoms with Crippen molar-refractivity contribution >= 4 is 29.2 Å². The summed E-state index contributed by atoms with van der Waals surface area (Å²) in [5.74, 6) is 0.375. The number of hydrogen-bond acceptors (Lipinski definition) is 5. The summed E-state index contributed by atoms with van der Waals surface area (Å²) in [6.07, 6.45) is 0. The van der Waals surface area contributed by atoms with Crippen molar-refractivity contribution in [1.29, 1.82) is 0 Å². The maximum absolute atomic E-state index is 11.4. The van der Waals surface area contributed by atoms with Gasteiger partial charge in [0.25, 0.3) is 11.9 Å². The van der Waals surface area contributed by atoms with Crippen LogP contribution in [0, 0.1) is 6.07 Å². The zero-order valence-electron chi connectivity index (χ0n) is 13.0. The van der Waals surface area contributed by atoms with Crippen molar-refractivity contribution in [3.05, 3.63) is 47.0 Å². The fourth-order valence-electron chi connectivity index (χ4n) is 1.89. The van der Waals surface area contributed by atoms with E-state index >= 15 is 0 Å². The van der Waals surface area contributed by atoms with Crippen molar-refractivity contribution in [2.45, 2.75) is 0 Å². The second kappa shape index (κ2) is 7.56. The van der Waals surface area contributed by atoms with Gasteiger partial charge in [0.05, 0.1) is 30.5 Å². The first-order chi connectivity index (χ1) is 11.5. The molecular formula is C16H15ClN3O4. The topological polar surface area (TPSA) is 109 Å². The summed E-state index contributed by atoms with van der Waals surface area (Å²) >= 11 is 6.06. The molecule has 125 valence electrons. The first-order valence-corrected chi connectivity index (χ1v) is 7.07.